The number of rotatable bonds is 14. The highest BCUT2D eigenvalue weighted by Crippen LogP contribution is 2.30. The number of carbonyl (C=O) groups is 2. The molecule has 2 heterocycles. The number of hydrogen-bond donors (Lipinski definition) is 2. The second-order valence-corrected chi connectivity index (χ2v) is 13.0. The summed E-state index contributed by atoms with van der Waals surface area (Å²) in [7, 11) is 0. The number of benzene rings is 2. The molecule has 0 aliphatic carbocycles. The minimum atomic E-state index is -1.07. The number of aromatic nitrogens is 1. The largest absolute Gasteiger partial charge is 0.494 e. The van der Waals surface area contributed by atoms with Crippen molar-refractivity contribution in [2.75, 3.05) is 6.61 Å². The van der Waals surface area contributed by atoms with Crippen molar-refractivity contribution in [3.8, 4) is 28.1 Å². The zero-order valence-electron chi connectivity index (χ0n) is 25.6. The zero-order valence-corrected chi connectivity index (χ0v) is 26.4. The Morgan fingerprint density at radius 1 is 0.860 bits per heavy atom. The summed E-state index contributed by atoms with van der Waals surface area (Å²) in [6, 6.07) is 22.4. The van der Waals surface area contributed by atoms with Crippen LogP contribution in [0.15, 0.2) is 79.0 Å². The van der Waals surface area contributed by atoms with Gasteiger partial charge in [0.25, 0.3) is 5.91 Å². The number of unbranched alkanes of at least 4 members (excludes halogenated alkanes) is 4. The first-order valence-corrected chi connectivity index (χ1v) is 15.9. The zero-order chi connectivity index (χ0) is 30.8. The van der Waals surface area contributed by atoms with Crippen molar-refractivity contribution in [2.45, 2.75) is 77.7 Å². The standard InChI is InChI=1S/C36H42N2O4S/c1-5-6-7-8-9-22-42-29-17-14-26(15-18-29)28-16-19-30(37-24-28)27-12-10-25(11-13-27)23-31(35(40)41)38-34(39)32-20-21-33(43-32)36(2,3)4/h10-21,24,31H,5-9,22-23H2,1-4H3,(H,38,39)(H,40,41)/t31-/m0/s1. The molecule has 0 saturated carbocycles. The molecule has 0 aliphatic heterocycles. The van der Waals surface area contributed by atoms with Crippen molar-refractivity contribution in [1.29, 1.82) is 0 Å². The van der Waals surface area contributed by atoms with Crippen LogP contribution in [0.2, 0.25) is 0 Å². The van der Waals surface area contributed by atoms with Gasteiger partial charge in [0.1, 0.15) is 11.8 Å². The van der Waals surface area contributed by atoms with Gasteiger partial charge in [-0.15, -0.1) is 11.3 Å². The number of nitrogens with zero attached hydrogens (tertiary/aromatic N) is 1. The first kappa shape index (κ1) is 32.0. The summed E-state index contributed by atoms with van der Waals surface area (Å²) < 4.78 is 5.88. The number of carbonyl (C=O) groups excluding carboxylic acids is 1. The normalized spacial score (nSPS) is 12.1. The van der Waals surface area contributed by atoms with Gasteiger partial charge in [0.2, 0.25) is 0 Å². The van der Waals surface area contributed by atoms with Crippen molar-refractivity contribution in [3.63, 3.8) is 0 Å². The summed E-state index contributed by atoms with van der Waals surface area (Å²) in [4.78, 5) is 31.0. The van der Waals surface area contributed by atoms with Crippen LogP contribution in [0.3, 0.4) is 0 Å². The van der Waals surface area contributed by atoms with Gasteiger partial charge in [0.15, 0.2) is 0 Å². The van der Waals surface area contributed by atoms with E-state index >= 15 is 0 Å². The fourth-order valence-electron chi connectivity index (χ4n) is 4.71. The molecular weight excluding hydrogens is 556 g/mol. The number of aliphatic carboxylic acids is 1. The molecule has 4 rings (SSSR count). The van der Waals surface area contributed by atoms with Gasteiger partial charge in [-0.1, -0.05) is 95.8 Å². The van der Waals surface area contributed by atoms with Gasteiger partial charge < -0.3 is 15.2 Å². The molecule has 7 heteroatoms. The Kier molecular flexibility index (Phi) is 11.1. The highest BCUT2D eigenvalue weighted by atomic mass is 32.1. The maximum absolute atomic E-state index is 12.8. The Bertz CT molecular complexity index is 1470. The van der Waals surface area contributed by atoms with Gasteiger partial charge in [-0.25, -0.2) is 4.79 Å². The molecule has 0 saturated heterocycles. The van der Waals surface area contributed by atoms with E-state index in [9.17, 15) is 14.7 Å². The average molecular weight is 599 g/mol. The highest BCUT2D eigenvalue weighted by molar-refractivity contribution is 7.14. The highest BCUT2D eigenvalue weighted by Gasteiger charge is 2.24. The van der Waals surface area contributed by atoms with Gasteiger partial charge in [-0.2, -0.15) is 0 Å². The van der Waals surface area contributed by atoms with Crippen molar-refractivity contribution < 1.29 is 19.4 Å². The second kappa shape index (κ2) is 15.0. The Morgan fingerprint density at radius 2 is 1.53 bits per heavy atom. The summed E-state index contributed by atoms with van der Waals surface area (Å²) >= 11 is 1.40. The molecule has 0 spiro atoms. The van der Waals surface area contributed by atoms with E-state index in [1.807, 2.05) is 60.8 Å². The van der Waals surface area contributed by atoms with E-state index in [1.54, 1.807) is 6.07 Å². The van der Waals surface area contributed by atoms with Crippen LogP contribution in [0.4, 0.5) is 0 Å². The van der Waals surface area contributed by atoms with Crippen LogP contribution in [0, 0.1) is 0 Å². The fourth-order valence-corrected chi connectivity index (χ4v) is 5.68. The van der Waals surface area contributed by atoms with Gasteiger partial charge in [-0.05, 0) is 53.3 Å². The van der Waals surface area contributed by atoms with E-state index in [4.69, 9.17) is 4.74 Å². The Balaban J connectivity index is 1.32. The monoisotopic (exact) mass is 598 g/mol. The summed E-state index contributed by atoms with van der Waals surface area (Å²) in [5.41, 5.74) is 4.60. The van der Waals surface area contributed by atoms with Crippen molar-refractivity contribution in [1.82, 2.24) is 10.3 Å². The number of carboxylic acid groups (broad SMARTS) is 1. The van der Waals surface area contributed by atoms with Crippen LogP contribution in [-0.4, -0.2) is 34.6 Å². The van der Waals surface area contributed by atoms with Crippen molar-refractivity contribution in [3.05, 3.63) is 94.3 Å². The maximum Gasteiger partial charge on any atom is 0.326 e. The summed E-state index contributed by atoms with van der Waals surface area (Å²) in [5, 5.41) is 12.5. The minimum Gasteiger partial charge on any atom is -0.494 e. The SMILES string of the molecule is CCCCCCCOc1ccc(-c2ccc(-c3ccc(C[C@H](NC(=O)c4ccc(C(C)(C)C)s4)C(=O)O)cc3)nc2)cc1. The fraction of sp³-hybridized carbons (Fsp3) is 0.361. The molecule has 4 aromatic rings. The molecule has 1 atom stereocenters. The number of ether oxygens (including phenoxy) is 1. The molecule has 2 N–H and O–H groups in total. The van der Waals surface area contributed by atoms with E-state index < -0.39 is 12.0 Å². The number of carboxylic acids is 1. The summed E-state index contributed by atoms with van der Waals surface area (Å²) in [6.45, 7) is 9.22. The molecular formula is C36H42N2O4S. The first-order chi connectivity index (χ1) is 20.6. The topological polar surface area (TPSA) is 88.5 Å². The lowest BCUT2D eigenvalue weighted by molar-refractivity contribution is -0.139. The lowest BCUT2D eigenvalue weighted by atomic mass is 9.95. The van der Waals surface area contributed by atoms with Crippen LogP contribution >= 0.6 is 11.3 Å². The van der Waals surface area contributed by atoms with E-state index in [1.165, 1.54) is 37.0 Å². The number of thiophene rings is 1. The number of hydrogen-bond acceptors (Lipinski definition) is 5. The van der Waals surface area contributed by atoms with Crippen LogP contribution < -0.4 is 10.1 Å². The third-order valence-corrected chi connectivity index (χ3v) is 8.84. The summed E-state index contributed by atoms with van der Waals surface area (Å²) in [6.07, 6.45) is 8.14. The van der Waals surface area contributed by atoms with E-state index in [0.717, 1.165) is 51.6 Å². The van der Waals surface area contributed by atoms with Gasteiger partial charge in [0.05, 0.1) is 17.2 Å². The Labute approximate surface area is 259 Å². The predicted molar refractivity (Wildman–Crippen MR) is 175 cm³/mol. The Hall–Kier alpha value is -3.97. The van der Waals surface area contributed by atoms with Crippen LogP contribution in [0.25, 0.3) is 22.4 Å². The van der Waals surface area contributed by atoms with Crippen molar-refractivity contribution >= 4 is 23.2 Å². The van der Waals surface area contributed by atoms with Crippen LogP contribution in [-0.2, 0) is 16.6 Å². The maximum atomic E-state index is 12.8. The van der Waals surface area contributed by atoms with Gasteiger partial charge in [-0.3, -0.25) is 9.78 Å². The van der Waals surface area contributed by atoms with Crippen LogP contribution in [0.1, 0.15) is 79.9 Å². The van der Waals surface area contributed by atoms with Crippen molar-refractivity contribution in [2.24, 2.45) is 0 Å². The van der Waals surface area contributed by atoms with E-state index in [-0.39, 0.29) is 17.7 Å². The van der Waals surface area contributed by atoms with E-state index in [2.05, 4.69) is 50.1 Å². The smallest absolute Gasteiger partial charge is 0.326 e. The average Bonchev–Trinajstić information content (AvgIpc) is 3.51. The minimum absolute atomic E-state index is 0.0694. The molecule has 0 unspecified atom stereocenters. The molecule has 0 bridgehead atoms. The van der Waals surface area contributed by atoms with Gasteiger partial charge in [0, 0.05) is 28.6 Å². The number of pyridine rings is 1. The molecule has 0 fully saturated rings. The third-order valence-electron chi connectivity index (χ3n) is 7.33. The van der Waals surface area contributed by atoms with Gasteiger partial charge >= 0.3 is 5.97 Å². The molecule has 6 nitrogen and oxygen atoms in total. The molecule has 0 aliphatic rings. The summed E-state index contributed by atoms with van der Waals surface area (Å²) in [5.74, 6) is -0.548. The lowest BCUT2D eigenvalue weighted by Crippen LogP contribution is -2.42. The first-order valence-electron chi connectivity index (χ1n) is 15.1. The third kappa shape index (κ3) is 9.26. The molecule has 2 aromatic carbocycles. The van der Waals surface area contributed by atoms with E-state index in [0.29, 0.717) is 4.88 Å². The lowest BCUT2D eigenvalue weighted by Gasteiger charge is -2.16. The quantitative estimate of drug-likeness (QED) is 0.142. The molecule has 2 aromatic heterocycles. The number of amides is 1. The molecule has 226 valence electrons. The predicted octanol–water partition coefficient (Wildman–Crippen LogP) is 8.55. The molecule has 43 heavy (non-hydrogen) atoms. The number of nitrogens with one attached hydrogen (secondary N) is 1. The molecule has 1 amide bonds. The molecule has 0 radical (unpaired) electrons. The Morgan fingerprint density at radius 3 is 2.14 bits per heavy atom. The van der Waals surface area contributed by atoms with Crippen LogP contribution in [0.5, 0.6) is 5.75 Å². The second-order valence-electron chi connectivity index (χ2n) is 11.9.